The largest absolute Gasteiger partial charge is 0.389 e. The highest BCUT2D eigenvalue weighted by Crippen LogP contribution is 2.21. The van der Waals surface area contributed by atoms with Gasteiger partial charge >= 0.3 is 0 Å². The lowest BCUT2D eigenvalue weighted by Crippen LogP contribution is -2.23. The zero-order chi connectivity index (χ0) is 13.8. The minimum Gasteiger partial charge on any atom is -0.389 e. The molecule has 1 aromatic carbocycles. The summed E-state index contributed by atoms with van der Waals surface area (Å²) >= 11 is 11.2. The minimum absolute atomic E-state index is 0.302. The first-order chi connectivity index (χ1) is 9.09. The fourth-order valence-corrected chi connectivity index (χ4v) is 2.11. The van der Waals surface area contributed by atoms with E-state index in [1.54, 1.807) is 12.3 Å². The van der Waals surface area contributed by atoms with Gasteiger partial charge in [-0.15, -0.1) is 5.10 Å². The van der Waals surface area contributed by atoms with Gasteiger partial charge < -0.3 is 10.6 Å². The van der Waals surface area contributed by atoms with Crippen molar-refractivity contribution >= 4 is 34.6 Å². The lowest BCUT2D eigenvalue weighted by Gasteiger charge is -2.20. The fourth-order valence-electron chi connectivity index (χ4n) is 1.76. The van der Waals surface area contributed by atoms with Gasteiger partial charge in [-0.3, -0.25) is 0 Å². The molecule has 2 aromatic rings. The van der Waals surface area contributed by atoms with Crippen LogP contribution in [0.1, 0.15) is 11.1 Å². The van der Waals surface area contributed by atoms with Crippen LogP contribution in [0.5, 0.6) is 0 Å². The van der Waals surface area contributed by atoms with E-state index >= 15 is 0 Å². The molecule has 1 heterocycles. The summed E-state index contributed by atoms with van der Waals surface area (Å²) in [5.41, 5.74) is 7.40. The monoisotopic (exact) mass is 292 g/mol. The molecule has 6 heteroatoms. The second-order valence-corrected chi connectivity index (χ2v) is 4.93. The van der Waals surface area contributed by atoms with E-state index in [9.17, 15) is 0 Å². The summed E-state index contributed by atoms with van der Waals surface area (Å²) in [6.45, 7) is 0.605. The van der Waals surface area contributed by atoms with Crippen molar-refractivity contribution < 1.29 is 0 Å². The Kier molecular flexibility index (Phi) is 4.29. The van der Waals surface area contributed by atoms with E-state index in [0.717, 1.165) is 10.6 Å². The van der Waals surface area contributed by atoms with Crippen molar-refractivity contribution in [2.75, 3.05) is 11.9 Å². The van der Waals surface area contributed by atoms with Gasteiger partial charge in [0.2, 0.25) is 0 Å². The minimum atomic E-state index is 0.302. The Morgan fingerprint density at radius 2 is 2.11 bits per heavy atom. The van der Waals surface area contributed by atoms with Gasteiger partial charge in [-0.2, -0.15) is 5.10 Å². The zero-order valence-corrected chi connectivity index (χ0v) is 11.9. The topological polar surface area (TPSA) is 55.0 Å². The van der Waals surface area contributed by atoms with Crippen molar-refractivity contribution in [3.05, 3.63) is 52.7 Å². The van der Waals surface area contributed by atoms with Crippen LogP contribution in [0.3, 0.4) is 0 Å². The number of hydrogen-bond donors (Lipinski definition) is 1. The Morgan fingerprint density at radius 3 is 2.79 bits per heavy atom. The molecule has 2 rings (SSSR count). The molecule has 0 radical (unpaired) electrons. The molecule has 98 valence electrons. The molecule has 19 heavy (non-hydrogen) atoms. The number of hydrogen-bond acceptors (Lipinski definition) is 4. The number of anilines is 1. The van der Waals surface area contributed by atoms with E-state index in [4.69, 9.17) is 29.6 Å². The fraction of sp³-hybridized carbons (Fsp3) is 0.154. The van der Waals surface area contributed by atoms with Crippen LogP contribution in [-0.2, 0) is 6.54 Å². The van der Waals surface area contributed by atoms with E-state index in [1.807, 2.05) is 36.2 Å². The molecule has 0 spiro atoms. The maximum Gasteiger partial charge on any atom is 0.161 e. The van der Waals surface area contributed by atoms with Crippen LogP contribution in [0.25, 0.3) is 0 Å². The Morgan fingerprint density at radius 1 is 1.37 bits per heavy atom. The van der Waals surface area contributed by atoms with Gasteiger partial charge in [0.1, 0.15) is 4.99 Å². The van der Waals surface area contributed by atoms with Crippen LogP contribution in [0, 0.1) is 0 Å². The van der Waals surface area contributed by atoms with Crippen molar-refractivity contribution in [3.8, 4) is 0 Å². The van der Waals surface area contributed by atoms with Crippen molar-refractivity contribution in [3.63, 3.8) is 0 Å². The third kappa shape index (κ3) is 3.19. The lowest BCUT2D eigenvalue weighted by atomic mass is 10.2. The van der Waals surface area contributed by atoms with Crippen LogP contribution in [0.2, 0.25) is 5.02 Å². The molecular weight excluding hydrogens is 280 g/mol. The number of nitrogens with zero attached hydrogens (tertiary/aromatic N) is 3. The van der Waals surface area contributed by atoms with Gasteiger partial charge in [0, 0.05) is 18.6 Å². The normalized spacial score (nSPS) is 10.2. The van der Waals surface area contributed by atoms with Gasteiger partial charge in [-0.25, -0.2) is 0 Å². The van der Waals surface area contributed by atoms with Crippen molar-refractivity contribution in [1.82, 2.24) is 10.2 Å². The van der Waals surface area contributed by atoms with E-state index in [1.165, 1.54) is 0 Å². The number of nitrogens with two attached hydrogens (primary N) is 1. The van der Waals surface area contributed by atoms with Crippen LogP contribution < -0.4 is 10.6 Å². The molecule has 0 aliphatic carbocycles. The van der Waals surface area contributed by atoms with Gasteiger partial charge in [0.15, 0.2) is 5.82 Å². The quantitative estimate of drug-likeness (QED) is 0.877. The summed E-state index contributed by atoms with van der Waals surface area (Å²) < 4.78 is 0. The van der Waals surface area contributed by atoms with Gasteiger partial charge in [0.25, 0.3) is 0 Å². The van der Waals surface area contributed by atoms with Crippen LogP contribution in [-0.4, -0.2) is 22.2 Å². The van der Waals surface area contributed by atoms with E-state index in [-0.39, 0.29) is 0 Å². The molecule has 0 unspecified atom stereocenters. The highest BCUT2D eigenvalue weighted by Gasteiger charge is 2.12. The second-order valence-electron chi connectivity index (χ2n) is 4.08. The Hall–Kier alpha value is -1.72. The summed E-state index contributed by atoms with van der Waals surface area (Å²) in [7, 11) is 1.90. The van der Waals surface area contributed by atoms with Gasteiger partial charge in [-0.1, -0.05) is 42.0 Å². The number of benzene rings is 1. The molecule has 0 aliphatic heterocycles. The van der Waals surface area contributed by atoms with Gasteiger partial charge in [-0.05, 0) is 17.7 Å². The summed E-state index contributed by atoms with van der Waals surface area (Å²) in [6, 6.07) is 9.42. The summed E-state index contributed by atoms with van der Waals surface area (Å²) in [5.74, 6) is 0.648. The molecule has 0 amide bonds. The Labute approximate surface area is 122 Å². The molecule has 0 aliphatic rings. The maximum atomic E-state index is 6.14. The Balaban J connectivity index is 2.28. The smallest absolute Gasteiger partial charge is 0.161 e. The highest BCUT2D eigenvalue weighted by atomic mass is 35.5. The number of aromatic nitrogens is 2. The first kappa shape index (κ1) is 13.7. The molecule has 0 saturated heterocycles. The first-order valence-corrected chi connectivity index (χ1v) is 6.44. The van der Waals surface area contributed by atoms with Crippen molar-refractivity contribution in [2.24, 2.45) is 5.73 Å². The summed E-state index contributed by atoms with van der Waals surface area (Å²) in [4.78, 5) is 2.22. The lowest BCUT2D eigenvalue weighted by molar-refractivity contribution is 0.864. The molecule has 0 bridgehead atoms. The Bertz CT molecular complexity index is 603. The van der Waals surface area contributed by atoms with E-state index in [0.29, 0.717) is 22.9 Å². The SMILES string of the molecule is CN(Cc1ccccc1Cl)c1nnccc1C(N)=S. The van der Waals surface area contributed by atoms with Crippen LogP contribution in [0.4, 0.5) is 5.82 Å². The molecule has 1 aromatic heterocycles. The number of rotatable bonds is 4. The first-order valence-electron chi connectivity index (χ1n) is 5.65. The predicted molar refractivity (Wildman–Crippen MR) is 81.5 cm³/mol. The standard InChI is InChI=1S/C13H13ClN4S/c1-18(8-9-4-2-3-5-11(9)14)13-10(12(15)19)6-7-16-17-13/h2-7H,8H2,1H3,(H2,15,19). The van der Waals surface area contributed by atoms with Crippen molar-refractivity contribution in [1.29, 1.82) is 0 Å². The van der Waals surface area contributed by atoms with Crippen LogP contribution >= 0.6 is 23.8 Å². The zero-order valence-electron chi connectivity index (χ0n) is 10.4. The summed E-state index contributed by atoms with van der Waals surface area (Å²) in [5, 5.41) is 8.68. The van der Waals surface area contributed by atoms with Gasteiger partial charge in [0.05, 0.1) is 11.8 Å². The maximum absolute atomic E-state index is 6.14. The predicted octanol–water partition coefficient (Wildman–Crippen LogP) is 2.40. The average molecular weight is 293 g/mol. The third-order valence-corrected chi connectivity index (χ3v) is 3.28. The molecule has 0 atom stereocenters. The number of halogens is 1. The summed E-state index contributed by atoms with van der Waals surface area (Å²) in [6.07, 6.45) is 1.57. The highest BCUT2D eigenvalue weighted by molar-refractivity contribution is 7.80. The average Bonchev–Trinajstić information content (AvgIpc) is 2.41. The van der Waals surface area contributed by atoms with Crippen molar-refractivity contribution in [2.45, 2.75) is 6.54 Å². The molecule has 0 saturated carbocycles. The molecule has 0 fully saturated rings. The molecule has 2 N–H and O–H groups in total. The molecular formula is C13H13ClN4S. The number of thiocarbonyl (C=S) groups is 1. The third-order valence-electron chi connectivity index (χ3n) is 2.69. The molecule has 4 nitrogen and oxygen atoms in total. The van der Waals surface area contributed by atoms with E-state index in [2.05, 4.69) is 10.2 Å². The van der Waals surface area contributed by atoms with E-state index < -0.39 is 0 Å². The van der Waals surface area contributed by atoms with Crippen LogP contribution in [0.15, 0.2) is 36.5 Å². The second kappa shape index (κ2) is 5.95.